The maximum Gasteiger partial charge on any atom is 0.310 e. The van der Waals surface area contributed by atoms with Crippen molar-refractivity contribution in [3.05, 3.63) is 29.0 Å². The van der Waals surface area contributed by atoms with Crippen molar-refractivity contribution in [2.45, 2.75) is 38.1 Å². The van der Waals surface area contributed by atoms with Gasteiger partial charge in [0.1, 0.15) is 0 Å². The first-order valence-electron chi connectivity index (χ1n) is 7.11. The quantitative estimate of drug-likeness (QED) is 0.688. The van der Waals surface area contributed by atoms with E-state index in [1.54, 1.807) is 6.07 Å². The number of nitrogens with one attached hydrogen (secondary N) is 1. The van der Waals surface area contributed by atoms with Crippen LogP contribution in [0.15, 0.2) is 18.5 Å². The minimum Gasteiger partial charge on any atom is -0.469 e. The SMILES string of the molecule is COC(=O)[C@@H]1CCCCC[C@@H]1NC(=O)c1ccncc1Cl. The van der Waals surface area contributed by atoms with Crippen molar-refractivity contribution in [1.82, 2.24) is 10.3 Å². The molecule has 0 aromatic carbocycles. The largest absolute Gasteiger partial charge is 0.469 e. The van der Waals surface area contributed by atoms with Gasteiger partial charge >= 0.3 is 5.97 Å². The molecule has 0 saturated heterocycles. The lowest BCUT2D eigenvalue weighted by Crippen LogP contribution is -2.43. The molecule has 0 unspecified atom stereocenters. The number of esters is 1. The molecule has 1 aliphatic rings. The number of hydrogen-bond donors (Lipinski definition) is 1. The Labute approximate surface area is 129 Å². The number of hydrogen-bond acceptors (Lipinski definition) is 4. The fraction of sp³-hybridized carbons (Fsp3) is 0.533. The van der Waals surface area contributed by atoms with Gasteiger partial charge in [-0.15, -0.1) is 0 Å². The zero-order chi connectivity index (χ0) is 15.2. The van der Waals surface area contributed by atoms with Crippen molar-refractivity contribution in [3.63, 3.8) is 0 Å². The van der Waals surface area contributed by atoms with Gasteiger partial charge in [0, 0.05) is 18.4 Å². The summed E-state index contributed by atoms with van der Waals surface area (Å²) in [5.41, 5.74) is 0.375. The smallest absolute Gasteiger partial charge is 0.310 e. The number of carbonyl (C=O) groups excluding carboxylic acids is 2. The number of amides is 1. The maximum atomic E-state index is 12.3. The molecule has 2 rings (SSSR count). The van der Waals surface area contributed by atoms with Crippen LogP contribution in [0.3, 0.4) is 0 Å². The number of ether oxygens (including phenoxy) is 1. The van der Waals surface area contributed by atoms with Crippen molar-refractivity contribution in [3.8, 4) is 0 Å². The molecule has 1 fully saturated rings. The predicted octanol–water partition coefficient (Wildman–Crippen LogP) is 2.59. The van der Waals surface area contributed by atoms with E-state index in [1.165, 1.54) is 19.5 Å². The van der Waals surface area contributed by atoms with Gasteiger partial charge in [-0.1, -0.05) is 30.9 Å². The van der Waals surface area contributed by atoms with E-state index in [9.17, 15) is 9.59 Å². The lowest BCUT2D eigenvalue weighted by atomic mass is 9.94. The Morgan fingerprint density at radius 3 is 2.81 bits per heavy atom. The Kier molecular flexibility index (Phi) is 5.56. The van der Waals surface area contributed by atoms with Crippen molar-refractivity contribution >= 4 is 23.5 Å². The highest BCUT2D eigenvalue weighted by Crippen LogP contribution is 2.25. The molecule has 0 bridgehead atoms. The molecule has 1 amide bonds. The summed E-state index contributed by atoms with van der Waals surface area (Å²) in [5, 5.41) is 3.23. The zero-order valence-corrected chi connectivity index (χ0v) is 12.7. The number of rotatable bonds is 3. The van der Waals surface area contributed by atoms with Gasteiger partial charge < -0.3 is 10.1 Å². The minimum atomic E-state index is -0.290. The van der Waals surface area contributed by atoms with Crippen molar-refractivity contribution in [2.75, 3.05) is 7.11 Å². The normalized spacial score (nSPS) is 22.2. The topological polar surface area (TPSA) is 68.3 Å². The van der Waals surface area contributed by atoms with E-state index in [1.807, 2.05) is 0 Å². The number of halogens is 1. The van der Waals surface area contributed by atoms with Crippen LogP contribution >= 0.6 is 11.6 Å². The van der Waals surface area contributed by atoms with E-state index >= 15 is 0 Å². The van der Waals surface area contributed by atoms with E-state index in [2.05, 4.69) is 10.3 Å². The van der Waals surface area contributed by atoms with E-state index < -0.39 is 0 Å². The van der Waals surface area contributed by atoms with E-state index in [4.69, 9.17) is 16.3 Å². The summed E-state index contributed by atoms with van der Waals surface area (Å²) in [6.07, 6.45) is 7.49. The number of methoxy groups -OCH3 is 1. The second-order valence-corrected chi connectivity index (χ2v) is 5.61. The summed E-state index contributed by atoms with van der Waals surface area (Å²) in [7, 11) is 1.38. The van der Waals surface area contributed by atoms with E-state index in [-0.39, 0.29) is 23.8 Å². The Hall–Kier alpha value is -1.62. The first-order chi connectivity index (χ1) is 10.1. The van der Waals surface area contributed by atoms with E-state index in [0.717, 1.165) is 32.1 Å². The van der Waals surface area contributed by atoms with E-state index in [0.29, 0.717) is 10.6 Å². The predicted molar refractivity (Wildman–Crippen MR) is 79.1 cm³/mol. The molecule has 5 nitrogen and oxygen atoms in total. The second-order valence-electron chi connectivity index (χ2n) is 5.20. The van der Waals surface area contributed by atoms with Crippen LogP contribution in [0.4, 0.5) is 0 Å². The highest BCUT2D eigenvalue weighted by molar-refractivity contribution is 6.33. The van der Waals surface area contributed by atoms with Crippen molar-refractivity contribution < 1.29 is 14.3 Å². The van der Waals surface area contributed by atoms with Gasteiger partial charge in [-0.2, -0.15) is 0 Å². The third-order valence-corrected chi connectivity index (χ3v) is 4.15. The molecule has 0 spiro atoms. The monoisotopic (exact) mass is 310 g/mol. The first kappa shape index (κ1) is 15.8. The summed E-state index contributed by atoms with van der Waals surface area (Å²) in [5.74, 6) is -0.826. The Morgan fingerprint density at radius 2 is 2.10 bits per heavy atom. The van der Waals surface area contributed by atoms with Crippen molar-refractivity contribution in [1.29, 1.82) is 0 Å². The summed E-state index contributed by atoms with van der Waals surface area (Å²) < 4.78 is 4.86. The third kappa shape index (κ3) is 3.94. The van der Waals surface area contributed by atoms with Gasteiger partial charge in [-0.05, 0) is 18.9 Å². The number of pyridine rings is 1. The van der Waals surface area contributed by atoms with Crippen LogP contribution in [-0.2, 0) is 9.53 Å². The molecule has 1 heterocycles. The molecule has 2 atom stereocenters. The van der Waals surface area contributed by atoms with Gasteiger partial charge in [0.05, 0.1) is 23.6 Å². The molecule has 1 aliphatic carbocycles. The molecule has 1 aromatic heterocycles. The lowest BCUT2D eigenvalue weighted by Gasteiger charge is -2.24. The molecule has 0 radical (unpaired) electrons. The Balaban J connectivity index is 2.12. The zero-order valence-electron chi connectivity index (χ0n) is 12.0. The fourth-order valence-electron chi connectivity index (χ4n) is 2.72. The molecule has 21 heavy (non-hydrogen) atoms. The highest BCUT2D eigenvalue weighted by Gasteiger charge is 2.32. The number of aromatic nitrogens is 1. The molecule has 0 aliphatic heterocycles. The third-order valence-electron chi connectivity index (χ3n) is 3.85. The summed E-state index contributed by atoms with van der Waals surface area (Å²) >= 11 is 5.98. The molecule has 1 N–H and O–H groups in total. The fourth-order valence-corrected chi connectivity index (χ4v) is 2.92. The molecule has 1 saturated carbocycles. The summed E-state index contributed by atoms with van der Waals surface area (Å²) in [6.45, 7) is 0. The lowest BCUT2D eigenvalue weighted by molar-refractivity contribution is -0.146. The van der Waals surface area contributed by atoms with Crippen LogP contribution in [-0.4, -0.2) is 30.0 Å². The van der Waals surface area contributed by atoms with Crippen LogP contribution < -0.4 is 5.32 Å². The molecule has 6 heteroatoms. The first-order valence-corrected chi connectivity index (χ1v) is 7.49. The highest BCUT2D eigenvalue weighted by atomic mass is 35.5. The van der Waals surface area contributed by atoms with Crippen molar-refractivity contribution in [2.24, 2.45) is 5.92 Å². The van der Waals surface area contributed by atoms with Crippen LogP contribution in [0.5, 0.6) is 0 Å². The van der Waals surface area contributed by atoms with Gasteiger partial charge in [0.2, 0.25) is 0 Å². The molecule has 1 aromatic rings. The summed E-state index contributed by atoms with van der Waals surface area (Å²) in [4.78, 5) is 28.1. The average molecular weight is 311 g/mol. The van der Waals surface area contributed by atoms with Gasteiger partial charge in [0.15, 0.2) is 0 Å². The van der Waals surface area contributed by atoms with Crippen LogP contribution in [0.1, 0.15) is 42.5 Å². The standard InChI is InChI=1S/C15H19ClN2O3/c1-21-15(20)11-5-3-2-4-6-13(11)18-14(19)10-7-8-17-9-12(10)16/h7-9,11,13H,2-6H2,1H3,(H,18,19)/t11-,13+/m1/s1. The molecular formula is C15H19ClN2O3. The Morgan fingerprint density at radius 1 is 1.33 bits per heavy atom. The molecular weight excluding hydrogens is 292 g/mol. The average Bonchev–Trinajstić information content (AvgIpc) is 2.72. The second kappa shape index (κ2) is 7.41. The van der Waals surface area contributed by atoms with Crippen LogP contribution in [0, 0.1) is 5.92 Å². The molecule has 114 valence electrons. The van der Waals surface area contributed by atoms with Gasteiger partial charge in [0.25, 0.3) is 5.91 Å². The number of carbonyl (C=O) groups is 2. The van der Waals surface area contributed by atoms with Crippen LogP contribution in [0.2, 0.25) is 5.02 Å². The minimum absolute atomic E-state index is 0.211. The summed E-state index contributed by atoms with van der Waals surface area (Å²) in [6, 6.07) is 1.36. The maximum absolute atomic E-state index is 12.3. The van der Waals surface area contributed by atoms with Gasteiger partial charge in [-0.3, -0.25) is 14.6 Å². The number of nitrogens with zero attached hydrogens (tertiary/aromatic N) is 1. The van der Waals surface area contributed by atoms with Crippen LogP contribution in [0.25, 0.3) is 0 Å². The Bertz CT molecular complexity index is 521. The van der Waals surface area contributed by atoms with Gasteiger partial charge in [-0.25, -0.2) is 0 Å².